The van der Waals surface area contributed by atoms with Crippen molar-refractivity contribution < 1.29 is 24.2 Å². The molecule has 0 aromatic heterocycles. The molecule has 4 aliphatic rings. The molecule has 40 heavy (non-hydrogen) atoms. The number of nitrogens with one attached hydrogen (secondary N) is 2. The van der Waals surface area contributed by atoms with Crippen LogP contribution in [0.3, 0.4) is 0 Å². The lowest BCUT2D eigenvalue weighted by atomic mass is 9.65. The van der Waals surface area contributed by atoms with Crippen molar-refractivity contribution in [3.05, 3.63) is 66.2 Å². The van der Waals surface area contributed by atoms with E-state index in [2.05, 4.69) is 10.6 Å². The van der Waals surface area contributed by atoms with Crippen LogP contribution in [0, 0.1) is 11.8 Å². The number of hydrogen-bond donors (Lipinski definition) is 3. The van der Waals surface area contributed by atoms with Crippen molar-refractivity contribution in [2.24, 2.45) is 11.8 Å². The van der Waals surface area contributed by atoms with E-state index in [4.69, 9.17) is 4.74 Å². The number of carbonyl (C=O) groups is 3. The minimum Gasteiger partial charge on any atom is -0.394 e. The number of nitrogens with zero attached hydrogens (tertiary/aromatic N) is 1. The van der Waals surface area contributed by atoms with Gasteiger partial charge >= 0.3 is 0 Å². The smallest absolute Gasteiger partial charge is 0.246 e. The van der Waals surface area contributed by atoms with Gasteiger partial charge in [0.2, 0.25) is 17.7 Å². The van der Waals surface area contributed by atoms with E-state index in [1.165, 1.54) is 0 Å². The number of carbonyl (C=O) groups excluding carboxylic acids is 3. The molecule has 212 valence electrons. The van der Waals surface area contributed by atoms with Crippen molar-refractivity contribution in [1.82, 2.24) is 10.2 Å². The minimum absolute atomic E-state index is 0.0499. The predicted molar refractivity (Wildman–Crippen MR) is 150 cm³/mol. The molecule has 8 heteroatoms. The van der Waals surface area contributed by atoms with Crippen molar-refractivity contribution in [3.63, 3.8) is 0 Å². The second-order valence-electron chi connectivity index (χ2n) is 11.9. The first-order valence-corrected chi connectivity index (χ1v) is 14.8. The van der Waals surface area contributed by atoms with Crippen molar-refractivity contribution in [3.8, 4) is 0 Å². The molecular weight excluding hydrogens is 506 g/mol. The van der Waals surface area contributed by atoms with E-state index >= 15 is 0 Å². The quantitative estimate of drug-likeness (QED) is 0.466. The van der Waals surface area contributed by atoms with Gasteiger partial charge < -0.3 is 25.4 Å². The van der Waals surface area contributed by atoms with Gasteiger partial charge in [0.05, 0.1) is 30.1 Å². The van der Waals surface area contributed by atoms with E-state index < -0.39 is 35.1 Å². The molecule has 1 saturated carbocycles. The molecule has 3 aliphatic heterocycles. The Morgan fingerprint density at radius 2 is 1.68 bits per heavy atom. The molecule has 2 aromatic rings. The van der Waals surface area contributed by atoms with Gasteiger partial charge in [-0.2, -0.15) is 0 Å². The van der Waals surface area contributed by atoms with Crippen LogP contribution in [0.2, 0.25) is 0 Å². The molecule has 6 rings (SSSR count). The summed E-state index contributed by atoms with van der Waals surface area (Å²) >= 11 is 0. The van der Waals surface area contributed by atoms with Gasteiger partial charge in [0.25, 0.3) is 0 Å². The Balaban J connectivity index is 1.41. The highest BCUT2D eigenvalue weighted by atomic mass is 16.5. The molecule has 3 heterocycles. The normalized spacial score (nSPS) is 32.1. The summed E-state index contributed by atoms with van der Waals surface area (Å²) in [4.78, 5) is 44.3. The molecule has 2 aromatic carbocycles. The zero-order chi connectivity index (χ0) is 27.9. The van der Waals surface area contributed by atoms with Gasteiger partial charge in [0.1, 0.15) is 11.6 Å². The molecule has 3 saturated heterocycles. The van der Waals surface area contributed by atoms with Gasteiger partial charge in [-0.25, -0.2) is 0 Å². The van der Waals surface area contributed by atoms with Crippen LogP contribution in [0.15, 0.2) is 60.7 Å². The van der Waals surface area contributed by atoms with Crippen molar-refractivity contribution in [1.29, 1.82) is 0 Å². The fourth-order valence-corrected chi connectivity index (χ4v) is 7.99. The number of aliphatic hydroxyl groups is 1. The Labute approximate surface area is 235 Å². The lowest BCUT2D eigenvalue weighted by molar-refractivity contribution is -0.150. The topological polar surface area (TPSA) is 108 Å². The Hall–Kier alpha value is -3.23. The van der Waals surface area contributed by atoms with Crippen LogP contribution in [-0.2, 0) is 19.1 Å². The number of benzene rings is 2. The summed E-state index contributed by atoms with van der Waals surface area (Å²) in [6.45, 7) is 1.65. The van der Waals surface area contributed by atoms with Crippen LogP contribution in [0.25, 0.3) is 0 Å². The molecule has 3 amide bonds. The van der Waals surface area contributed by atoms with Crippen LogP contribution in [0.5, 0.6) is 0 Å². The molecule has 8 nitrogen and oxygen atoms in total. The van der Waals surface area contributed by atoms with Gasteiger partial charge in [0, 0.05) is 11.7 Å². The Kier molecular flexibility index (Phi) is 7.17. The van der Waals surface area contributed by atoms with Crippen LogP contribution in [0.1, 0.15) is 69.9 Å². The predicted octanol–water partition coefficient (Wildman–Crippen LogP) is 3.96. The van der Waals surface area contributed by atoms with E-state index in [1.807, 2.05) is 67.6 Å². The average molecular weight is 546 g/mol. The van der Waals surface area contributed by atoms with E-state index in [0.29, 0.717) is 24.9 Å². The highest BCUT2D eigenvalue weighted by Gasteiger charge is 2.79. The number of anilines is 1. The second-order valence-corrected chi connectivity index (χ2v) is 11.9. The summed E-state index contributed by atoms with van der Waals surface area (Å²) < 4.78 is 6.88. The third-order valence-corrected chi connectivity index (χ3v) is 9.84. The minimum atomic E-state index is -1.13. The molecule has 0 radical (unpaired) electrons. The number of ether oxygens (including phenoxy) is 1. The number of fused-ring (bicyclic) bond motifs is 1. The lowest BCUT2D eigenvalue weighted by Gasteiger charge is -2.38. The Morgan fingerprint density at radius 3 is 2.33 bits per heavy atom. The third-order valence-electron chi connectivity index (χ3n) is 9.84. The van der Waals surface area contributed by atoms with E-state index in [0.717, 1.165) is 37.7 Å². The molecule has 1 spiro atoms. The maximum absolute atomic E-state index is 14.6. The number of rotatable bonds is 8. The number of amides is 3. The largest absolute Gasteiger partial charge is 0.394 e. The number of hydrogen-bond acceptors (Lipinski definition) is 5. The number of para-hydroxylation sites is 1. The molecule has 3 N–H and O–H groups in total. The van der Waals surface area contributed by atoms with Gasteiger partial charge in [-0.3, -0.25) is 14.4 Å². The highest BCUT2D eigenvalue weighted by molar-refractivity contribution is 6.02. The highest BCUT2D eigenvalue weighted by Crippen LogP contribution is 2.65. The van der Waals surface area contributed by atoms with E-state index in [1.54, 1.807) is 4.90 Å². The fourth-order valence-electron chi connectivity index (χ4n) is 7.99. The van der Waals surface area contributed by atoms with Crippen molar-refractivity contribution in [2.75, 3.05) is 11.9 Å². The van der Waals surface area contributed by atoms with Gasteiger partial charge in [-0.1, -0.05) is 74.7 Å². The van der Waals surface area contributed by atoms with Crippen LogP contribution in [0.4, 0.5) is 5.69 Å². The molecule has 1 aliphatic carbocycles. The molecule has 6 atom stereocenters. The van der Waals surface area contributed by atoms with Crippen LogP contribution in [-0.4, -0.2) is 57.6 Å². The summed E-state index contributed by atoms with van der Waals surface area (Å²) in [6.07, 6.45) is 6.77. The van der Waals surface area contributed by atoms with Gasteiger partial charge in [0.15, 0.2) is 0 Å². The van der Waals surface area contributed by atoms with Crippen LogP contribution < -0.4 is 10.6 Å². The molecule has 2 bridgehead atoms. The van der Waals surface area contributed by atoms with E-state index in [9.17, 15) is 19.5 Å². The molecule has 4 fully saturated rings. The number of aliphatic hydroxyl groups excluding tert-OH is 1. The Morgan fingerprint density at radius 1 is 1.00 bits per heavy atom. The third kappa shape index (κ3) is 4.23. The average Bonchev–Trinajstić information content (AvgIpc) is 3.59. The maximum atomic E-state index is 14.6. The first-order chi connectivity index (χ1) is 19.4. The summed E-state index contributed by atoms with van der Waals surface area (Å²) in [5, 5.41) is 16.9. The molecule has 2 unspecified atom stereocenters. The summed E-state index contributed by atoms with van der Waals surface area (Å²) in [5.74, 6) is -2.36. The van der Waals surface area contributed by atoms with E-state index in [-0.39, 0.29) is 30.4 Å². The van der Waals surface area contributed by atoms with Crippen molar-refractivity contribution >= 4 is 23.4 Å². The number of likely N-dealkylation sites (tertiary alicyclic amines) is 1. The zero-order valence-corrected chi connectivity index (χ0v) is 23.1. The SMILES string of the molecule is CC[C@@]12CCC3(O1)C(C(=O)NC1CCCCC1)N([C@H](CO)c1ccccc1)C(=O)[C@@H]3[C@@H]2C(=O)Nc1ccccc1. The van der Waals surface area contributed by atoms with Crippen LogP contribution >= 0.6 is 0 Å². The Bertz CT molecular complexity index is 1250. The summed E-state index contributed by atoms with van der Waals surface area (Å²) in [7, 11) is 0. The van der Waals surface area contributed by atoms with Crippen molar-refractivity contribution in [2.45, 2.75) is 87.6 Å². The maximum Gasteiger partial charge on any atom is 0.246 e. The summed E-state index contributed by atoms with van der Waals surface area (Å²) in [6, 6.07) is 16.9. The standard InChI is InChI=1S/C32H39N3O5/c1-2-31-18-19-32(40-31)26(25(31)28(37)33-22-14-8-4-9-15-22)30(39)35(24(20-36)21-12-6-3-7-13-21)27(32)29(38)34-23-16-10-5-11-17-23/h3-4,6-9,12-15,23-27,36H,2,5,10-11,16-20H2,1H3,(H,33,37)(H,34,38)/t24-,25-,26+,27?,31+,32?/m1/s1. The van der Waals surface area contributed by atoms with Gasteiger partial charge in [-0.15, -0.1) is 0 Å². The zero-order valence-electron chi connectivity index (χ0n) is 23.1. The fraction of sp³-hybridized carbons (Fsp3) is 0.531. The molecular formula is C32H39N3O5. The monoisotopic (exact) mass is 545 g/mol. The summed E-state index contributed by atoms with van der Waals surface area (Å²) in [5.41, 5.74) is -0.555. The van der Waals surface area contributed by atoms with Gasteiger partial charge in [-0.05, 0) is 49.8 Å². The lowest BCUT2D eigenvalue weighted by Crippen LogP contribution is -2.57. The second kappa shape index (κ2) is 10.6. The first-order valence-electron chi connectivity index (χ1n) is 14.8. The first kappa shape index (κ1) is 27.0.